The summed E-state index contributed by atoms with van der Waals surface area (Å²) in [5.41, 5.74) is 0.753. The summed E-state index contributed by atoms with van der Waals surface area (Å²) in [4.78, 5) is 25.4. The van der Waals surface area contributed by atoms with Gasteiger partial charge in [0.15, 0.2) is 0 Å². The monoisotopic (exact) mass is 469 g/mol. The Kier molecular flexibility index (Phi) is 6.90. The number of carbonyl (C=O) groups excluding carboxylic acids is 2. The van der Waals surface area contributed by atoms with Crippen LogP contribution >= 0.6 is 23.2 Å². The lowest BCUT2D eigenvalue weighted by Gasteiger charge is -2.32. The molecule has 2 amide bonds. The summed E-state index contributed by atoms with van der Waals surface area (Å²) in [5.74, 6) is -0.208. The van der Waals surface area contributed by atoms with Crippen molar-refractivity contribution in [2.45, 2.75) is 30.7 Å². The van der Waals surface area contributed by atoms with E-state index >= 15 is 0 Å². The minimum absolute atomic E-state index is 0.0568. The first-order valence-electron chi connectivity index (χ1n) is 9.30. The van der Waals surface area contributed by atoms with E-state index in [-0.39, 0.29) is 32.8 Å². The summed E-state index contributed by atoms with van der Waals surface area (Å²) in [6, 6.07) is 10.5. The van der Waals surface area contributed by atoms with Crippen molar-refractivity contribution in [3.05, 3.63) is 58.1 Å². The van der Waals surface area contributed by atoms with Crippen molar-refractivity contribution in [2.75, 3.05) is 17.8 Å². The van der Waals surface area contributed by atoms with Gasteiger partial charge in [0, 0.05) is 42.3 Å². The molecule has 0 aliphatic carbocycles. The minimum Gasteiger partial charge on any atom is -0.353 e. The van der Waals surface area contributed by atoms with Gasteiger partial charge in [0.1, 0.15) is 4.90 Å². The number of likely N-dealkylation sites (tertiary alicyclic amines) is 1. The maximum Gasteiger partial charge on any atom is 0.263 e. The number of sulfonamides is 1. The number of hydrogen-bond donors (Lipinski definition) is 2. The van der Waals surface area contributed by atoms with Crippen LogP contribution in [-0.2, 0) is 14.8 Å². The largest absolute Gasteiger partial charge is 0.353 e. The lowest BCUT2D eigenvalue weighted by molar-refractivity contribution is -0.119. The van der Waals surface area contributed by atoms with Crippen molar-refractivity contribution in [1.29, 1.82) is 0 Å². The molecule has 2 N–H and O–H groups in total. The van der Waals surface area contributed by atoms with E-state index in [0.717, 1.165) is 0 Å². The first kappa shape index (κ1) is 22.4. The van der Waals surface area contributed by atoms with Gasteiger partial charge in [-0.05, 0) is 55.3 Å². The number of rotatable bonds is 5. The van der Waals surface area contributed by atoms with Crippen LogP contribution in [0.5, 0.6) is 0 Å². The van der Waals surface area contributed by atoms with Gasteiger partial charge in [-0.2, -0.15) is 0 Å². The molecule has 1 heterocycles. The van der Waals surface area contributed by atoms with Crippen LogP contribution in [0.25, 0.3) is 0 Å². The van der Waals surface area contributed by atoms with Crippen LogP contribution < -0.4 is 10.0 Å². The lowest BCUT2D eigenvalue weighted by atomic mass is 10.0. The SMILES string of the molecule is CC(=O)NC1CCN(C(=O)c2ccc(NS(=O)(=O)c3cc(Cl)ccc3Cl)cc2)CC1. The van der Waals surface area contributed by atoms with E-state index in [0.29, 0.717) is 37.2 Å². The fourth-order valence-electron chi connectivity index (χ4n) is 3.27. The van der Waals surface area contributed by atoms with Crippen LogP contribution in [0, 0.1) is 0 Å². The molecule has 0 radical (unpaired) electrons. The standard InChI is InChI=1S/C20H21Cl2N3O4S/c1-13(26)23-16-8-10-25(11-9-16)20(27)14-2-5-17(6-3-14)24-30(28,29)19-12-15(21)4-7-18(19)22/h2-7,12,16,24H,8-11H2,1H3,(H,23,26). The van der Waals surface area contributed by atoms with Gasteiger partial charge in [0.25, 0.3) is 15.9 Å². The molecule has 0 aromatic heterocycles. The van der Waals surface area contributed by atoms with Crippen molar-refractivity contribution in [3.8, 4) is 0 Å². The number of benzene rings is 2. The molecule has 1 aliphatic heterocycles. The maximum absolute atomic E-state index is 12.7. The molecule has 7 nitrogen and oxygen atoms in total. The quantitative estimate of drug-likeness (QED) is 0.699. The van der Waals surface area contributed by atoms with E-state index < -0.39 is 10.0 Å². The van der Waals surface area contributed by atoms with Crippen LogP contribution in [0.15, 0.2) is 47.4 Å². The third kappa shape index (κ3) is 5.44. The van der Waals surface area contributed by atoms with Gasteiger partial charge in [0.2, 0.25) is 5.91 Å². The van der Waals surface area contributed by atoms with Gasteiger partial charge >= 0.3 is 0 Å². The van der Waals surface area contributed by atoms with E-state index in [9.17, 15) is 18.0 Å². The Labute approximate surface area is 185 Å². The zero-order valence-electron chi connectivity index (χ0n) is 16.2. The molecule has 2 aromatic rings. The molecule has 0 spiro atoms. The molecule has 10 heteroatoms. The molecule has 3 rings (SSSR count). The number of nitrogens with one attached hydrogen (secondary N) is 2. The van der Waals surface area contributed by atoms with E-state index in [4.69, 9.17) is 23.2 Å². The molecule has 1 fully saturated rings. The minimum atomic E-state index is -3.93. The van der Waals surface area contributed by atoms with Crippen LogP contribution in [0.3, 0.4) is 0 Å². The Morgan fingerprint density at radius 3 is 2.27 bits per heavy atom. The van der Waals surface area contributed by atoms with Crippen molar-refractivity contribution in [3.63, 3.8) is 0 Å². The Bertz CT molecular complexity index is 1050. The van der Waals surface area contributed by atoms with Gasteiger partial charge < -0.3 is 10.2 Å². The topological polar surface area (TPSA) is 95.6 Å². The molecular weight excluding hydrogens is 449 g/mol. The summed E-state index contributed by atoms with van der Waals surface area (Å²) in [6.45, 7) is 2.57. The maximum atomic E-state index is 12.7. The molecule has 1 aliphatic rings. The molecule has 2 aromatic carbocycles. The summed E-state index contributed by atoms with van der Waals surface area (Å²) in [7, 11) is -3.93. The average molecular weight is 470 g/mol. The predicted molar refractivity (Wildman–Crippen MR) is 116 cm³/mol. The highest BCUT2D eigenvalue weighted by Crippen LogP contribution is 2.27. The number of piperidine rings is 1. The summed E-state index contributed by atoms with van der Waals surface area (Å²) < 4.78 is 27.6. The normalized spacial score (nSPS) is 15.0. The molecule has 30 heavy (non-hydrogen) atoms. The highest BCUT2D eigenvalue weighted by atomic mass is 35.5. The van der Waals surface area contributed by atoms with Gasteiger partial charge in [-0.3, -0.25) is 14.3 Å². The second-order valence-corrected chi connectivity index (χ2v) is 9.52. The fourth-order valence-corrected chi connectivity index (χ4v) is 5.09. The molecule has 0 saturated carbocycles. The predicted octanol–water partition coefficient (Wildman–Crippen LogP) is 3.53. The van der Waals surface area contributed by atoms with Crippen LogP contribution in [-0.4, -0.2) is 44.3 Å². The van der Waals surface area contributed by atoms with Crippen molar-refractivity contribution in [1.82, 2.24) is 10.2 Å². The van der Waals surface area contributed by atoms with E-state index in [2.05, 4.69) is 10.0 Å². The number of carbonyl (C=O) groups is 2. The molecule has 0 bridgehead atoms. The van der Waals surface area contributed by atoms with Crippen LogP contribution in [0.4, 0.5) is 5.69 Å². The Balaban J connectivity index is 1.66. The van der Waals surface area contributed by atoms with E-state index in [1.165, 1.54) is 37.3 Å². The Morgan fingerprint density at radius 2 is 1.67 bits per heavy atom. The number of amides is 2. The summed E-state index contributed by atoms with van der Waals surface area (Å²) in [5, 5.41) is 3.18. The second kappa shape index (κ2) is 9.24. The molecular formula is C20H21Cl2N3O4S. The van der Waals surface area contributed by atoms with Crippen LogP contribution in [0.2, 0.25) is 10.0 Å². The highest BCUT2D eigenvalue weighted by molar-refractivity contribution is 7.92. The summed E-state index contributed by atoms with van der Waals surface area (Å²) in [6.07, 6.45) is 1.40. The number of halogens is 2. The number of hydrogen-bond acceptors (Lipinski definition) is 4. The van der Waals surface area contributed by atoms with Crippen molar-refractivity contribution in [2.24, 2.45) is 0 Å². The molecule has 0 atom stereocenters. The molecule has 160 valence electrons. The summed E-state index contributed by atoms with van der Waals surface area (Å²) >= 11 is 11.9. The van der Waals surface area contributed by atoms with E-state index in [1.54, 1.807) is 17.0 Å². The fraction of sp³-hybridized carbons (Fsp3) is 0.300. The van der Waals surface area contributed by atoms with Gasteiger partial charge in [-0.15, -0.1) is 0 Å². The van der Waals surface area contributed by atoms with Crippen LogP contribution in [0.1, 0.15) is 30.1 Å². The van der Waals surface area contributed by atoms with E-state index in [1.807, 2.05) is 0 Å². The third-order valence-electron chi connectivity index (χ3n) is 4.76. The van der Waals surface area contributed by atoms with Crippen molar-refractivity contribution >= 4 is 50.7 Å². The molecule has 1 saturated heterocycles. The zero-order valence-corrected chi connectivity index (χ0v) is 18.5. The lowest BCUT2D eigenvalue weighted by Crippen LogP contribution is -2.46. The van der Waals surface area contributed by atoms with Crippen molar-refractivity contribution < 1.29 is 18.0 Å². The molecule has 0 unspecified atom stereocenters. The van der Waals surface area contributed by atoms with Gasteiger partial charge in [-0.25, -0.2) is 8.42 Å². The third-order valence-corrected chi connectivity index (χ3v) is 6.85. The Hall–Kier alpha value is -2.29. The highest BCUT2D eigenvalue weighted by Gasteiger charge is 2.24. The Morgan fingerprint density at radius 1 is 1.03 bits per heavy atom. The first-order valence-corrected chi connectivity index (χ1v) is 11.5. The zero-order chi connectivity index (χ0) is 21.9. The van der Waals surface area contributed by atoms with Gasteiger partial charge in [0.05, 0.1) is 5.02 Å². The number of anilines is 1. The van der Waals surface area contributed by atoms with Gasteiger partial charge in [-0.1, -0.05) is 23.2 Å². The first-order chi connectivity index (χ1) is 14.2. The second-order valence-electron chi connectivity index (χ2n) is 7.02. The average Bonchev–Trinajstić information content (AvgIpc) is 2.69. The smallest absolute Gasteiger partial charge is 0.263 e. The number of nitrogens with zero attached hydrogens (tertiary/aromatic N) is 1.